The van der Waals surface area contributed by atoms with Gasteiger partial charge in [-0.05, 0) is 42.7 Å². The lowest BCUT2D eigenvalue weighted by Crippen LogP contribution is -2.11. The first-order valence-corrected chi connectivity index (χ1v) is 6.80. The number of aliphatic hydroxyl groups is 1. The molecule has 0 amide bonds. The van der Waals surface area contributed by atoms with Crippen LogP contribution in [0.2, 0.25) is 0 Å². The zero-order valence-corrected chi connectivity index (χ0v) is 11.5. The van der Waals surface area contributed by atoms with Gasteiger partial charge in [-0.15, -0.1) is 0 Å². The minimum atomic E-state index is -0.322. The van der Waals surface area contributed by atoms with Crippen molar-refractivity contribution in [2.24, 2.45) is 0 Å². The molecule has 20 heavy (non-hydrogen) atoms. The normalized spacial score (nSPS) is 12.2. The molecular weight excluding hydrogens is 255 g/mol. The lowest BCUT2D eigenvalue weighted by Gasteiger charge is -2.18. The van der Waals surface area contributed by atoms with Crippen molar-refractivity contribution in [1.82, 2.24) is 4.98 Å². The summed E-state index contributed by atoms with van der Waals surface area (Å²) in [6.45, 7) is 2.21. The van der Waals surface area contributed by atoms with E-state index in [1.165, 1.54) is 12.3 Å². The highest BCUT2D eigenvalue weighted by Gasteiger charge is 2.10. The number of anilines is 1. The molecule has 1 aromatic heterocycles. The predicted octanol–water partition coefficient (Wildman–Crippen LogP) is 3.32. The lowest BCUT2D eigenvalue weighted by atomic mass is 10.1. The van der Waals surface area contributed by atoms with Gasteiger partial charge in [0, 0.05) is 12.3 Å². The Morgan fingerprint density at radius 1 is 1.20 bits per heavy atom. The van der Waals surface area contributed by atoms with Gasteiger partial charge in [0.1, 0.15) is 5.82 Å². The monoisotopic (exact) mass is 274 g/mol. The minimum absolute atomic E-state index is 0.0549. The maximum Gasteiger partial charge on any atom is 0.141 e. The van der Waals surface area contributed by atoms with E-state index in [0.717, 1.165) is 23.4 Å². The Bertz CT molecular complexity index is 525. The van der Waals surface area contributed by atoms with Crippen molar-refractivity contribution in [3.63, 3.8) is 0 Å². The number of halogens is 1. The van der Waals surface area contributed by atoms with Crippen molar-refractivity contribution >= 4 is 5.69 Å². The van der Waals surface area contributed by atoms with Gasteiger partial charge in [0.2, 0.25) is 0 Å². The van der Waals surface area contributed by atoms with Crippen molar-refractivity contribution in [3.05, 3.63) is 59.7 Å². The summed E-state index contributed by atoms with van der Waals surface area (Å²) in [5.41, 5.74) is 2.92. The van der Waals surface area contributed by atoms with E-state index < -0.39 is 0 Å². The van der Waals surface area contributed by atoms with E-state index in [4.69, 9.17) is 5.11 Å². The quantitative estimate of drug-likeness (QED) is 0.849. The summed E-state index contributed by atoms with van der Waals surface area (Å²) >= 11 is 0. The second-order valence-electron chi connectivity index (χ2n) is 4.68. The van der Waals surface area contributed by atoms with Crippen LogP contribution in [0.25, 0.3) is 0 Å². The summed E-state index contributed by atoms with van der Waals surface area (Å²) in [5, 5.41) is 12.3. The van der Waals surface area contributed by atoms with Gasteiger partial charge in [-0.25, -0.2) is 4.39 Å². The first-order chi connectivity index (χ1) is 9.72. The van der Waals surface area contributed by atoms with Crippen LogP contribution in [0.15, 0.2) is 42.6 Å². The fraction of sp³-hybridized carbons (Fsp3) is 0.312. The summed E-state index contributed by atoms with van der Waals surface area (Å²) < 4.78 is 12.9. The van der Waals surface area contributed by atoms with E-state index in [1.54, 1.807) is 6.07 Å². The summed E-state index contributed by atoms with van der Waals surface area (Å²) in [6.07, 6.45) is 2.76. The molecule has 4 heteroatoms. The molecule has 106 valence electrons. The molecule has 0 aliphatic rings. The molecule has 1 heterocycles. The molecular formula is C16H19FN2O. The average molecular weight is 274 g/mol. The van der Waals surface area contributed by atoms with Crippen LogP contribution < -0.4 is 5.32 Å². The van der Waals surface area contributed by atoms with E-state index in [1.807, 2.05) is 24.3 Å². The maximum absolute atomic E-state index is 12.9. The molecule has 0 radical (unpaired) electrons. The van der Waals surface area contributed by atoms with Crippen LogP contribution in [-0.2, 0) is 6.42 Å². The van der Waals surface area contributed by atoms with Crippen LogP contribution in [0.1, 0.15) is 30.6 Å². The Morgan fingerprint density at radius 2 is 1.95 bits per heavy atom. The number of rotatable bonds is 6. The van der Waals surface area contributed by atoms with Gasteiger partial charge < -0.3 is 10.4 Å². The first-order valence-electron chi connectivity index (χ1n) is 6.80. The molecule has 1 aromatic carbocycles. The molecule has 0 spiro atoms. The third-order valence-corrected chi connectivity index (χ3v) is 3.21. The van der Waals surface area contributed by atoms with Crippen LogP contribution in [0.3, 0.4) is 0 Å². The SMILES string of the molecule is CCC(Nc1ccc(CCO)cc1)c1ccc(F)cn1. The van der Waals surface area contributed by atoms with Crippen molar-refractivity contribution < 1.29 is 9.50 Å². The number of nitrogens with zero attached hydrogens (tertiary/aromatic N) is 1. The molecule has 0 saturated carbocycles. The fourth-order valence-electron chi connectivity index (χ4n) is 2.08. The fourth-order valence-corrected chi connectivity index (χ4v) is 2.08. The minimum Gasteiger partial charge on any atom is -0.396 e. The topological polar surface area (TPSA) is 45.1 Å². The third-order valence-electron chi connectivity index (χ3n) is 3.21. The number of hydrogen-bond donors (Lipinski definition) is 2. The molecule has 0 aliphatic heterocycles. The van der Waals surface area contributed by atoms with Crippen LogP contribution in [0, 0.1) is 5.82 Å². The van der Waals surface area contributed by atoms with Crippen molar-refractivity contribution in [3.8, 4) is 0 Å². The number of pyridine rings is 1. The van der Waals surface area contributed by atoms with Crippen LogP contribution in [0.4, 0.5) is 10.1 Å². The third kappa shape index (κ3) is 3.78. The zero-order chi connectivity index (χ0) is 14.4. The van der Waals surface area contributed by atoms with Gasteiger partial charge in [-0.1, -0.05) is 19.1 Å². The van der Waals surface area contributed by atoms with E-state index in [2.05, 4.69) is 17.2 Å². The Hall–Kier alpha value is -1.94. The zero-order valence-electron chi connectivity index (χ0n) is 11.5. The smallest absolute Gasteiger partial charge is 0.141 e. The molecule has 1 unspecified atom stereocenters. The summed E-state index contributed by atoms with van der Waals surface area (Å²) in [4.78, 5) is 4.12. The standard InChI is InChI=1S/C16H19FN2O/c1-2-15(16-8-5-13(17)11-18-16)19-14-6-3-12(4-7-14)9-10-20/h3-8,11,15,19-20H,2,9-10H2,1H3. The summed E-state index contributed by atoms with van der Waals surface area (Å²) in [7, 11) is 0. The molecule has 0 saturated heterocycles. The van der Waals surface area contributed by atoms with E-state index in [9.17, 15) is 4.39 Å². The Morgan fingerprint density at radius 3 is 2.50 bits per heavy atom. The van der Waals surface area contributed by atoms with E-state index in [-0.39, 0.29) is 18.5 Å². The Kier molecular flexibility index (Phi) is 5.07. The lowest BCUT2D eigenvalue weighted by molar-refractivity contribution is 0.299. The highest BCUT2D eigenvalue weighted by molar-refractivity contribution is 5.46. The van der Waals surface area contributed by atoms with Gasteiger partial charge in [-0.2, -0.15) is 0 Å². The Labute approximate surface area is 118 Å². The molecule has 2 rings (SSSR count). The average Bonchev–Trinajstić information content (AvgIpc) is 2.48. The molecule has 1 atom stereocenters. The molecule has 0 fully saturated rings. The number of benzene rings is 1. The number of hydrogen-bond acceptors (Lipinski definition) is 3. The molecule has 3 nitrogen and oxygen atoms in total. The van der Waals surface area contributed by atoms with E-state index >= 15 is 0 Å². The van der Waals surface area contributed by atoms with Gasteiger partial charge in [-0.3, -0.25) is 4.98 Å². The van der Waals surface area contributed by atoms with Crippen molar-refractivity contribution in [1.29, 1.82) is 0 Å². The maximum atomic E-state index is 12.9. The molecule has 2 aromatic rings. The van der Waals surface area contributed by atoms with Gasteiger partial charge in [0.25, 0.3) is 0 Å². The van der Waals surface area contributed by atoms with Gasteiger partial charge in [0.15, 0.2) is 0 Å². The summed E-state index contributed by atoms with van der Waals surface area (Å²) in [5.74, 6) is -0.322. The van der Waals surface area contributed by atoms with Crippen molar-refractivity contribution in [2.45, 2.75) is 25.8 Å². The van der Waals surface area contributed by atoms with Crippen LogP contribution >= 0.6 is 0 Å². The van der Waals surface area contributed by atoms with Crippen molar-refractivity contribution in [2.75, 3.05) is 11.9 Å². The predicted molar refractivity (Wildman–Crippen MR) is 78.1 cm³/mol. The Balaban J connectivity index is 2.07. The molecule has 0 bridgehead atoms. The number of aromatic nitrogens is 1. The highest BCUT2D eigenvalue weighted by atomic mass is 19.1. The van der Waals surface area contributed by atoms with Gasteiger partial charge >= 0.3 is 0 Å². The largest absolute Gasteiger partial charge is 0.396 e. The second-order valence-corrected chi connectivity index (χ2v) is 4.68. The van der Waals surface area contributed by atoms with E-state index in [0.29, 0.717) is 6.42 Å². The summed E-state index contributed by atoms with van der Waals surface area (Å²) in [6, 6.07) is 11.1. The second kappa shape index (κ2) is 7.01. The van der Waals surface area contributed by atoms with Gasteiger partial charge in [0.05, 0.1) is 17.9 Å². The number of nitrogens with one attached hydrogen (secondary N) is 1. The van der Waals surface area contributed by atoms with Crippen LogP contribution in [0.5, 0.6) is 0 Å². The highest BCUT2D eigenvalue weighted by Crippen LogP contribution is 2.21. The first kappa shape index (κ1) is 14.5. The molecule has 2 N–H and O–H groups in total. The van der Waals surface area contributed by atoms with Crippen LogP contribution in [-0.4, -0.2) is 16.7 Å². The number of aliphatic hydroxyl groups excluding tert-OH is 1. The molecule has 0 aliphatic carbocycles.